The van der Waals surface area contributed by atoms with Gasteiger partial charge in [0.05, 0.1) is 6.54 Å². The van der Waals surface area contributed by atoms with Gasteiger partial charge in [0.15, 0.2) is 0 Å². The summed E-state index contributed by atoms with van der Waals surface area (Å²) in [4.78, 5) is 68.3. The molecule has 37 heavy (non-hydrogen) atoms. The monoisotopic (exact) mass is 524 g/mol. The van der Waals surface area contributed by atoms with Crippen LogP contribution in [0.5, 0.6) is 0 Å². The Morgan fingerprint density at radius 2 is 1.27 bits per heavy atom. The van der Waals surface area contributed by atoms with Gasteiger partial charge in [0.25, 0.3) is 5.91 Å². The van der Waals surface area contributed by atoms with Crippen LogP contribution in [0.15, 0.2) is 0 Å². The Labute approximate surface area is 224 Å². The van der Waals surface area contributed by atoms with E-state index in [4.69, 9.17) is 0 Å². The summed E-state index contributed by atoms with van der Waals surface area (Å²) in [6, 6.07) is -1.63. The molecule has 0 aliphatic carbocycles. The second-order valence-electron chi connectivity index (χ2n) is 11.0. The number of nitrogens with zero attached hydrogens (tertiary/aromatic N) is 4. The van der Waals surface area contributed by atoms with Gasteiger partial charge in [0.2, 0.25) is 24.1 Å². The van der Waals surface area contributed by atoms with Crippen molar-refractivity contribution in [2.75, 3.05) is 34.7 Å². The average molecular weight is 525 g/mol. The van der Waals surface area contributed by atoms with E-state index in [0.717, 1.165) is 24.2 Å². The van der Waals surface area contributed by atoms with E-state index in [1.54, 1.807) is 14.1 Å². The van der Waals surface area contributed by atoms with Gasteiger partial charge in [-0.2, -0.15) is 0 Å². The Morgan fingerprint density at radius 1 is 0.730 bits per heavy atom. The third-order valence-electron chi connectivity index (χ3n) is 6.79. The Balaban J connectivity index is 5.27. The molecule has 9 heteroatoms. The van der Waals surface area contributed by atoms with E-state index in [1.165, 1.54) is 54.5 Å². The number of carbonyl (C=O) groups is 5. The van der Waals surface area contributed by atoms with E-state index in [-0.39, 0.29) is 36.1 Å². The summed E-state index contributed by atoms with van der Waals surface area (Å²) in [5.74, 6) is -1.39. The molecule has 0 saturated heterocycles. The van der Waals surface area contributed by atoms with Crippen LogP contribution in [-0.4, -0.2) is 96.5 Å². The van der Waals surface area contributed by atoms with Crippen molar-refractivity contribution in [3.8, 4) is 0 Å². The average Bonchev–Trinajstić information content (AvgIpc) is 2.84. The minimum atomic E-state index is -0.841. The molecule has 0 rings (SSSR count). The Hall–Kier alpha value is -2.45. The lowest BCUT2D eigenvalue weighted by Gasteiger charge is -2.37. The van der Waals surface area contributed by atoms with Crippen molar-refractivity contribution in [2.45, 2.75) is 104 Å². The van der Waals surface area contributed by atoms with Crippen LogP contribution in [0.1, 0.15) is 92.4 Å². The first-order valence-corrected chi connectivity index (χ1v) is 13.8. The second kappa shape index (κ2) is 17.9. The SMILES string of the molecule is CCCCCCCCCC(=O)N(C)CC(=O)N(C)[C@H](CC(C)C)C(=O)N(C)[C@@H](C(=O)N(C)C=O)C(C)C. The van der Waals surface area contributed by atoms with Gasteiger partial charge in [-0.3, -0.25) is 28.9 Å². The number of likely N-dealkylation sites (N-methyl/N-ethyl adjacent to an activating group) is 4. The molecule has 0 fully saturated rings. The van der Waals surface area contributed by atoms with Crippen LogP contribution >= 0.6 is 0 Å². The fourth-order valence-corrected chi connectivity index (χ4v) is 4.40. The Morgan fingerprint density at radius 3 is 1.76 bits per heavy atom. The minimum absolute atomic E-state index is 0.0819. The molecule has 0 heterocycles. The fourth-order valence-electron chi connectivity index (χ4n) is 4.40. The van der Waals surface area contributed by atoms with Gasteiger partial charge in [-0.15, -0.1) is 0 Å². The predicted octanol–water partition coefficient (Wildman–Crippen LogP) is 3.56. The normalized spacial score (nSPS) is 12.7. The van der Waals surface area contributed by atoms with Crippen molar-refractivity contribution in [1.29, 1.82) is 0 Å². The molecule has 5 amide bonds. The van der Waals surface area contributed by atoms with Crippen molar-refractivity contribution in [1.82, 2.24) is 19.6 Å². The smallest absolute Gasteiger partial charge is 0.251 e. The molecule has 0 aliphatic rings. The molecular formula is C28H52N4O5. The zero-order valence-electron chi connectivity index (χ0n) is 24.8. The predicted molar refractivity (Wildman–Crippen MR) is 146 cm³/mol. The zero-order chi connectivity index (χ0) is 28.7. The third kappa shape index (κ3) is 12.1. The van der Waals surface area contributed by atoms with Crippen molar-refractivity contribution >= 4 is 30.0 Å². The number of amides is 5. The zero-order valence-corrected chi connectivity index (χ0v) is 24.8. The molecule has 0 aromatic rings. The van der Waals surface area contributed by atoms with Crippen LogP contribution in [-0.2, 0) is 24.0 Å². The van der Waals surface area contributed by atoms with E-state index >= 15 is 0 Å². The third-order valence-corrected chi connectivity index (χ3v) is 6.79. The van der Waals surface area contributed by atoms with Gasteiger partial charge in [-0.25, -0.2) is 0 Å². The van der Waals surface area contributed by atoms with E-state index < -0.39 is 18.0 Å². The number of imide groups is 1. The summed E-state index contributed by atoms with van der Waals surface area (Å²) >= 11 is 0. The summed E-state index contributed by atoms with van der Waals surface area (Å²) in [5.41, 5.74) is 0. The number of hydrogen-bond acceptors (Lipinski definition) is 5. The molecule has 214 valence electrons. The standard InChI is InChI=1S/C28H52N4O5/c1-10-11-12-13-14-15-16-17-24(34)29(6)19-25(35)31(8)23(18-21(2)3)27(36)32(9)26(22(4)5)28(37)30(7)20-33/h20-23,26H,10-19H2,1-9H3/t23-,26-/m1/s1. The molecular weight excluding hydrogens is 472 g/mol. The first-order chi connectivity index (χ1) is 17.3. The van der Waals surface area contributed by atoms with Crippen LogP contribution in [0.25, 0.3) is 0 Å². The number of carbonyl (C=O) groups excluding carboxylic acids is 5. The number of hydrogen-bond donors (Lipinski definition) is 0. The summed E-state index contributed by atoms with van der Waals surface area (Å²) in [7, 11) is 6.08. The Kier molecular flexibility index (Phi) is 16.7. The van der Waals surface area contributed by atoms with Crippen LogP contribution in [0.3, 0.4) is 0 Å². The number of unbranched alkanes of at least 4 members (excludes halogenated alkanes) is 6. The molecule has 0 aromatic heterocycles. The highest BCUT2D eigenvalue weighted by atomic mass is 16.2. The molecule has 9 nitrogen and oxygen atoms in total. The van der Waals surface area contributed by atoms with Gasteiger partial charge >= 0.3 is 0 Å². The summed E-state index contributed by atoms with van der Waals surface area (Å²) < 4.78 is 0. The molecule has 0 radical (unpaired) electrons. The molecule has 0 aromatic carbocycles. The van der Waals surface area contributed by atoms with Gasteiger partial charge in [0.1, 0.15) is 12.1 Å². The molecule has 0 N–H and O–H groups in total. The van der Waals surface area contributed by atoms with Crippen molar-refractivity contribution in [3.05, 3.63) is 0 Å². The molecule has 2 atom stereocenters. The summed E-state index contributed by atoms with van der Waals surface area (Å²) in [6.45, 7) is 9.61. The van der Waals surface area contributed by atoms with Crippen LogP contribution in [0.4, 0.5) is 0 Å². The maximum atomic E-state index is 13.6. The molecule has 0 unspecified atom stereocenters. The van der Waals surface area contributed by atoms with Crippen molar-refractivity contribution < 1.29 is 24.0 Å². The Bertz CT molecular complexity index is 740. The molecule has 0 saturated carbocycles. The first-order valence-electron chi connectivity index (χ1n) is 13.8. The second-order valence-corrected chi connectivity index (χ2v) is 11.0. The van der Waals surface area contributed by atoms with Crippen LogP contribution < -0.4 is 0 Å². The van der Waals surface area contributed by atoms with E-state index in [2.05, 4.69) is 6.92 Å². The van der Waals surface area contributed by atoms with Crippen LogP contribution in [0, 0.1) is 11.8 Å². The highest BCUT2D eigenvalue weighted by Crippen LogP contribution is 2.19. The van der Waals surface area contributed by atoms with E-state index in [1.807, 2.05) is 27.7 Å². The van der Waals surface area contributed by atoms with E-state index in [9.17, 15) is 24.0 Å². The fraction of sp³-hybridized carbons (Fsp3) is 0.821. The maximum absolute atomic E-state index is 13.6. The number of rotatable bonds is 18. The summed E-state index contributed by atoms with van der Waals surface area (Å²) in [6.07, 6.45) is 9.04. The largest absolute Gasteiger partial charge is 0.336 e. The molecule has 0 spiro atoms. The lowest BCUT2D eigenvalue weighted by atomic mass is 9.97. The summed E-state index contributed by atoms with van der Waals surface area (Å²) in [5, 5.41) is 0. The van der Waals surface area contributed by atoms with Crippen molar-refractivity contribution in [2.24, 2.45) is 11.8 Å². The topological polar surface area (TPSA) is 98.3 Å². The van der Waals surface area contributed by atoms with Gasteiger partial charge in [-0.1, -0.05) is 73.1 Å². The van der Waals surface area contributed by atoms with Gasteiger partial charge < -0.3 is 14.7 Å². The first kappa shape index (κ1) is 34.6. The van der Waals surface area contributed by atoms with Gasteiger partial charge in [0, 0.05) is 34.6 Å². The van der Waals surface area contributed by atoms with Gasteiger partial charge in [-0.05, 0) is 24.7 Å². The lowest BCUT2D eigenvalue weighted by Crippen LogP contribution is -2.57. The highest BCUT2D eigenvalue weighted by Gasteiger charge is 2.37. The highest BCUT2D eigenvalue weighted by molar-refractivity contribution is 5.95. The van der Waals surface area contributed by atoms with E-state index in [0.29, 0.717) is 19.3 Å². The van der Waals surface area contributed by atoms with Crippen molar-refractivity contribution in [3.63, 3.8) is 0 Å². The minimum Gasteiger partial charge on any atom is -0.336 e. The molecule has 0 aliphatic heterocycles. The lowest BCUT2D eigenvalue weighted by molar-refractivity contribution is -0.153. The molecule has 0 bridgehead atoms. The van der Waals surface area contributed by atoms with Crippen LogP contribution in [0.2, 0.25) is 0 Å². The maximum Gasteiger partial charge on any atom is 0.251 e. The quantitative estimate of drug-likeness (QED) is 0.202.